The van der Waals surface area contributed by atoms with Gasteiger partial charge in [0, 0.05) is 17.1 Å². The molecule has 0 fully saturated rings. The highest BCUT2D eigenvalue weighted by Crippen LogP contribution is 2.18. The second kappa shape index (κ2) is 7.75. The van der Waals surface area contributed by atoms with Gasteiger partial charge in [0.1, 0.15) is 6.54 Å². The molecule has 1 aromatic heterocycles. The van der Waals surface area contributed by atoms with Crippen LogP contribution in [0.1, 0.15) is 0 Å². The summed E-state index contributed by atoms with van der Waals surface area (Å²) < 4.78 is 1.31. The lowest BCUT2D eigenvalue weighted by Gasteiger charge is -2.10. The molecule has 0 spiro atoms. The Labute approximate surface area is 161 Å². The SMILES string of the molecule is O=C(Cn1cnc2ccccc2c1=O)Nc1ccc(Nc2ccccc2)cc1. The molecule has 0 aliphatic carbocycles. The summed E-state index contributed by atoms with van der Waals surface area (Å²) in [6.45, 7) is -0.0965. The second-order valence-corrected chi connectivity index (χ2v) is 6.31. The number of amides is 1. The maximum absolute atomic E-state index is 12.5. The number of carbonyl (C=O) groups is 1. The topological polar surface area (TPSA) is 76.0 Å². The largest absolute Gasteiger partial charge is 0.356 e. The van der Waals surface area contributed by atoms with Gasteiger partial charge in [0.25, 0.3) is 5.56 Å². The van der Waals surface area contributed by atoms with Gasteiger partial charge in [-0.25, -0.2) is 4.98 Å². The minimum atomic E-state index is -0.289. The minimum Gasteiger partial charge on any atom is -0.356 e. The Morgan fingerprint density at radius 2 is 1.46 bits per heavy atom. The first-order valence-electron chi connectivity index (χ1n) is 8.85. The average molecular weight is 370 g/mol. The van der Waals surface area contributed by atoms with Gasteiger partial charge >= 0.3 is 0 Å². The summed E-state index contributed by atoms with van der Waals surface area (Å²) in [6.07, 6.45) is 1.40. The zero-order valence-electron chi connectivity index (χ0n) is 15.0. The van der Waals surface area contributed by atoms with E-state index in [1.807, 2.05) is 60.7 Å². The van der Waals surface area contributed by atoms with Gasteiger partial charge in [-0.05, 0) is 48.5 Å². The molecular weight excluding hydrogens is 352 g/mol. The molecule has 1 heterocycles. The monoisotopic (exact) mass is 370 g/mol. The fourth-order valence-electron chi connectivity index (χ4n) is 2.90. The van der Waals surface area contributed by atoms with Gasteiger partial charge in [-0.1, -0.05) is 30.3 Å². The van der Waals surface area contributed by atoms with Crippen molar-refractivity contribution < 1.29 is 4.79 Å². The van der Waals surface area contributed by atoms with E-state index in [9.17, 15) is 9.59 Å². The number of fused-ring (bicyclic) bond motifs is 1. The second-order valence-electron chi connectivity index (χ2n) is 6.31. The highest BCUT2D eigenvalue weighted by atomic mass is 16.2. The first kappa shape index (κ1) is 17.5. The number of rotatable bonds is 5. The van der Waals surface area contributed by atoms with Crippen LogP contribution in [-0.2, 0) is 11.3 Å². The van der Waals surface area contributed by atoms with Crippen molar-refractivity contribution in [1.29, 1.82) is 0 Å². The van der Waals surface area contributed by atoms with Crippen LogP contribution < -0.4 is 16.2 Å². The third-order valence-electron chi connectivity index (χ3n) is 4.28. The summed E-state index contributed by atoms with van der Waals surface area (Å²) in [7, 11) is 0. The summed E-state index contributed by atoms with van der Waals surface area (Å²) in [5.74, 6) is -0.289. The quantitative estimate of drug-likeness (QED) is 0.561. The molecule has 1 amide bonds. The predicted molar refractivity (Wildman–Crippen MR) is 111 cm³/mol. The highest BCUT2D eigenvalue weighted by molar-refractivity contribution is 5.91. The van der Waals surface area contributed by atoms with Gasteiger partial charge in [-0.15, -0.1) is 0 Å². The van der Waals surface area contributed by atoms with Crippen molar-refractivity contribution in [2.24, 2.45) is 0 Å². The molecule has 0 bridgehead atoms. The Balaban J connectivity index is 1.43. The van der Waals surface area contributed by atoms with Gasteiger partial charge in [0.2, 0.25) is 5.91 Å². The average Bonchev–Trinajstić information content (AvgIpc) is 2.72. The molecule has 138 valence electrons. The van der Waals surface area contributed by atoms with E-state index in [0.717, 1.165) is 11.4 Å². The van der Waals surface area contributed by atoms with Crippen molar-refractivity contribution in [2.45, 2.75) is 6.54 Å². The molecule has 0 aliphatic rings. The summed E-state index contributed by atoms with van der Waals surface area (Å²) in [6, 6.07) is 24.3. The van der Waals surface area contributed by atoms with Gasteiger partial charge < -0.3 is 10.6 Å². The normalized spacial score (nSPS) is 10.6. The molecule has 4 aromatic rings. The Hall–Kier alpha value is -3.93. The first-order valence-corrected chi connectivity index (χ1v) is 8.85. The van der Waals surface area contributed by atoms with Gasteiger partial charge in [0.05, 0.1) is 17.2 Å². The van der Waals surface area contributed by atoms with Crippen molar-refractivity contribution in [3.63, 3.8) is 0 Å². The van der Waals surface area contributed by atoms with Crippen LogP contribution in [0.4, 0.5) is 17.1 Å². The lowest BCUT2D eigenvalue weighted by molar-refractivity contribution is -0.116. The zero-order valence-corrected chi connectivity index (χ0v) is 15.0. The molecule has 2 N–H and O–H groups in total. The summed E-state index contributed by atoms with van der Waals surface area (Å²) in [4.78, 5) is 29.0. The fraction of sp³-hybridized carbons (Fsp3) is 0.0455. The third kappa shape index (κ3) is 3.91. The van der Waals surface area contributed by atoms with Gasteiger partial charge in [0.15, 0.2) is 0 Å². The van der Waals surface area contributed by atoms with E-state index in [2.05, 4.69) is 15.6 Å². The van der Waals surface area contributed by atoms with Crippen LogP contribution in [-0.4, -0.2) is 15.5 Å². The van der Waals surface area contributed by atoms with Crippen molar-refractivity contribution in [3.8, 4) is 0 Å². The van der Waals surface area contributed by atoms with E-state index < -0.39 is 0 Å². The number of anilines is 3. The van der Waals surface area contributed by atoms with E-state index in [1.165, 1.54) is 10.9 Å². The zero-order chi connectivity index (χ0) is 19.3. The Morgan fingerprint density at radius 3 is 2.25 bits per heavy atom. The smallest absolute Gasteiger partial charge is 0.261 e. The number of para-hydroxylation sites is 2. The van der Waals surface area contributed by atoms with Crippen LogP contribution in [0.5, 0.6) is 0 Å². The third-order valence-corrected chi connectivity index (χ3v) is 4.28. The molecule has 3 aromatic carbocycles. The lowest BCUT2D eigenvalue weighted by atomic mass is 10.2. The number of nitrogens with one attached hydrogen (secondary N) is 2. The summed E-state index contributed by atoms with van der Waals surface area (Å²) in [5, 5.41) is 6.58. The van der Waals surface area contributed by atoms with Crippen LogP contribution in [0.2, 0.25) is 0 Å². The molecule has 6 heteroatoms. The molecule has 0 unspecified atom stereocenters. The Morgan fingerprint density at radius 1 is 0.821 bits per heavy atom. The number of aromatic nitrogens is 2. The van der Waals surface area contributed by atoms with E-state index in [4.69, 9.17) is 0 Å². The first-order chi connectivity index (χ1) is 13.7. The summed E-state index contributed by atoms with van der Waals surface area (Å²) >= 11 is 0. The molecule has 0 aliphatic heterocycles. The molecular formula is C22H18N4O2. The van der Waals surface area contributed by atoms with E-state index in [0.29, 0.717) is 16.6 Å². The van der Waals surface area contributed by atoms with Crippen LogP contribution in [0.3, 0.4) is 0 Å². The maximum atomic E-state index is 12.5. The van der Waals surface area contributed by atoms with Gasteiger partial charge in [-0.3, -0.25) is 14.2 Å². The highest BCUT2D eigenvalue weighted by Gasteiger charge is 2.08. The van der Waals surface area contributed by atoms with Crippen molar-refractivity contribution in [1.82, 2.24) is 9.55 Å². The van der Waals surface area contributed by atoms with Crippen LogP contribution in [0, 0.1) is 0 Å². The number of hydrogen-bond acceptors (Lipinski definition) is 4. The predicted octanol–water partition coefficient (Wildman–Crippen LogP) is 3.78. The van der Waals surface area contributed by atoms with Crippen molar-refractivity contribution in [3.05, 3.63) is 95.5 Å². The Kier molecular flexibility index (Phi) is 4.84. The van der Waals surface area contributed by atoms with E-state index >= 15 is 0 Å². The van der Waals surface area contributed by atoms with Crippen LogP contribution in [0.25, 0.3) is 10.9 Å². The van der Waals surface area contributed by atoms with E-state index in [-0.39, 0.29) is 18.0 Å². The van der Waals surface area contributed by atoms with Crippen molar-refractivity contribution in [2.75, 3.05) is 10.6 Å². The molecule has 0 saturated heterocycles. The summed E-state index contributed by atoms with van der Waals surface area (Å²) in [5.41, 5.74) is 2.95. The standard InChI is InChI=1S/C22H18N4O2/c27-21(14-26-15-23-20-9-5-4-8-19(20)22(26)28)25-18-12-10-17(11-13-18)24-16-6-2-1-3-7-16/h1-13,15,24H,14H2,(H,25,27). The maximum Gasteiger partial charge on any atom is 0.261 e. The molecule has 0 atom stereocenters. The van der Waals surface area contributed by atoms with Crippen LogP contribution >= 0.6 is 0 Å². The molecule has 6 nitrogen and oxygen atoms in total. The van der Waals surface area contributed by atoms with Crippen molar-refractivity contribution >= 4 is 33.9 Å². The molecule has 4 rings (SSSR count). The number of hydrogen-bond donors (Lipinski definition) is 2. The van der Waals surface area contributed by atoms with Crippen LogP contribution in [0.15, 0.2) is 90.0 Å². The number of benzene rings is 3. The number of nitrogens with zero attached hydrogens (tertiary/aromatic N) is 2. The Bertz CT molecular complexity index is 1170. The minimum absolute atomic E-state index is 0.0965. The number of carbonyl (C=O) groups excluding carboxylic acids is 1. The molecule has 0 saturated carbocycles. The van der Waals surface area contributed by atoms with E-state index in [1.54, 1.807) is 18.2 Å². The van der Waals surface area contributed by atoms with Gasteiger partial charge in [-0.2, -0.15) is 0 Å². The molecule has 28 heavy (non-hydrogen) atoms. The lowest BCUT2D eigenvalue weighted by Crippen LogP contribution is -2.27. The molecule has 0 radical (unpaired) electrons. The fourth-order valence-corrected chi connectivity index (χ4v) is 2.90.